The van der Waals surface area contributed by atoms with Gasteiger partial charge in [0.05, 0.1) is 31.0 Å². The molecule has 9 heteroatoms. The normalized spacial score (nSPS) is 20.2. The highest BCUT2D eigenvalue weighted by Crippen LogP contribution is 2.44. The zero-order valence-electron chi connectivity index (χ0n) is 22.5. The Morgan fingerprint density at radius 2 is 1.62 bits per heavy atom. The lowest BCUT2D eigenvalue weighted by molar-refractivity contribution is 0.122. The van der Waals surface area contributed by atoms with E-state index in [2.05, 4.69) is 76.0 Å². The van der Waals surface area contributed by atoms with Crippen LogP contribution < -0.4 is 24.6 Å². The van der Waals surface area contributed by atoms with Crippen LogP contribution in [0.15, 0.2) is 72.9 Å². The minimum Gasteiger partial charge on any atom is -0.454 e. The predicted molar refractivity (Wildman–Crippen MR) is 159 cm³/mol. The first-order valence-electron chi connectivity index (χ1n) is 13.6. The molecule has 0 saturated carbocycles. The molecule has 4 aromatic rings. The molecule has 8 nitrogen and oxygen atoms in total. The number of hydrogen-bond donors (Lipinski definition) is 1. The zero-order chi connectivity index (χ0) is 27.2. The smallest absolute Gasteiger partial charge is 0.231 e. The number of nitrogens with zero attached hydrogens (tertiary/aromatic N) is 4. The summed E-state index contributed by atoms with van der Waals surface area (Å²) in [5, 5.41) is 4.28. The highest BCUT2D eigenvalue weighted by Gasteiger charge is 2.42. The molecule has 0 spiro atoms. The number of fused-ring (bicyclic) bond motifs is 1. The molecule has 2 aromatic heterocycles. The second-order valence-corrected chi connectivity index (χ2v) is 10.7. The Hall–Kier alpha value is -4.08. The van der Waals surface area contributed by atoms with Crippen LogP contribution in [0.5, 0.6) is 11.5 Å². The monoisotopic (exact) mass is 553 g/mol. The van der Waals surface area contributed by atoms with E-state index < -0.39 is 0 Å². The standard InChI is InChI=1S/C31H31N5O3S/c1-20-17-25(21(2)35(20)24-10-11-27-28(18-24)39-19-38-27)30-29(26-5-3-4-12-32-26)33-31(40)36(30)23-8-6-22(7-9-23)34-13-15-37-16-14-34/h3-12,17-18,29-30H,13-16,19H2,1-2H3,(H,33,40)/t29-,30+/m1/s1. The van der Waals surface area contributed by atoms with E-state index in [1.54, 1.807) is 0 Å². The second-order valence-electron chi connectivity index (χ2n) is 10.3. The summed E-state index contributed by atoms with van der Waals surface area (Å²) >= 11 is 5.99. The molecule has 2 saturated heterocycles. The number of thiocarbonyl (C=S) groups is 1. The Kier molecular flexibility index (Phi) is 6.32. The highest BCUT2D eigenvalue weighted by atomic mass is 32.1. The minimum atomic E-state index is -0.113. The van der Waals surface area contributed by atoms with Gasteiger partial charge in [-0.2, -0.15) is 0 Å². The maximum absolute atomic E-state index is 5.99. The number of anilines is 2. The van der Waals surface area contributed by atoms with E-state index in [9.17, 15) is 0 Å². The molecule has 2 aromatic carbocycles. The van der Waals surface area contributed by atoms with Crippen LogP contribution in [-0.4, -0.2) is 47.8 Å². The molecular weight excluding hydrogens is 522 g/mol. The maximum Gasteiger partial charge on any atom is 0.231 e. The lowest BCUT2D eigenvalue weighted by Gasteiger charge is -2.31. The van der Waals surface area contributed by atoms with Gasteiger partial charge in [0, 0.05) is 53.8 Å². The van der Waals surface area contributed by atoms with Crippen LogP contribution in [0.25, 0.3) is 5.69 Å². The molecule has 1 N–H and O–H groups in total. The highest BCUT2D eigenvalue weighted by molar-refractivity contribution is 7.80. The van der Waals surface area contributed by atoms with Crippen molar-refractivity contribution in [2.45, 2.75) is 25.9 Å². The lowest BCUT2D eigenvalue weighted by Crippen LogP contribution is -2.36. The van der Waals surface area contributed by atoms with Gasteiger partial charge >= 0.3 is 0 Å². The van der Waals surface area contributed by atoms with Gasteiger partial charge in [-0.25, -0.2) is 0 Å². The number of ether oxygens (including phenoxy) is 3. The molecule has 3 aliphatic rings. The Balaban J connectivity index is 1.30. The van der Waals surface area contributed by atoms with Crippen molar-refractivity contribution in [2.24, 2.45) is 0 Å². The summed E-state index contributed by atoms with van der Waals surface area (Å²) in [7, 11) is 0. The van der Waals surface area contributed by atoms with Crippen molar-refractivity contribution < 1.29 is 14.2 Å². The minimum absolute atomic E-state index is 0.0920. The summed E-state index contributed by atoms with van der Waals surface area (Å²) in [6.45, 7) is 7.88. The molecule has 204 valence electrons. The van der Waals surface area contributed by atoms with Crippen LogP contribution in [0, 0.1) is 13.8 Å². The van der Waals surface area contributed by atoms with Crippen LogP contribution in [0.2, 0.25) is 0 Å². The van der Waals surface area contributed by atoms with E-state index in [0.717, 1.165) is 66.3 Å². The molecule has 0 radical (unpaired) electrons. The summed E-state index contributed by atoms with van der Waals surface area (Å²) in [5.74, 6) is 1.54. The summed E-state index contributed by atoms with van der Waals surface area (Å²) < 4.78 is 19.0. The first kappa shape index (κ1) is 24.9. The third-order valence-electron chi connectivity index (χ3n) is 8.01. The van der Waals surface area contributed by atoms with Gasteiger partial charge in [-0.05, 0) is 86.2 Å². The Bertz CT molecular complexity index is 1550. The maximum atomic E-state index is 5.99. The first-order chi connectivity index (χ1) is 19.6. The van der Waals surface area contributed by atoms with Crippen LogP contribution in [0.4, 0.5) is 11.4 Å². The van der Waals surface area contributed by atoms with Crippen LogP contribution in [0.3, 0.4) is 0 Å². The number of pyridine rings is 1. The van der Waals surface area contributed by atoms with E-state index in [1.165, 1.54) is 11.3 Å². The van der Waals surface area contributed by atoms with Crippen molar-refractivity contribution in [3.63, 3.8) is 0 Å². The van der Waals surface area contributed by atoms with Crippen molar-refractivity contribution in [1.82, 2.24) is 14.9 Å². The quantitative estimate of drug-likeness (QED) is 0.337. The number of aromatic nitrogens is 2. The third-order valence-corrected chi connectivity index (χ3v) is 8.32. The molecule has 7 rings (SSSR count). The van der Waals surface area contributed by atoms with Gasteiger partial charge in [0.25, 0.3) is 0 Å². The number of benzene rings is 2. The zero-order valence-corrected chi connectivity index (χ0v) is 23.4. The van der Waals surface area contributed by atoms with Gasteiger partial charge in [0.2, 0.25) is 6.79 Å². The van der Waals surface area contributed by atoms with Crippen molar-refractivity contribution in [3.05, 3.63) is 95.6 Å². The number of hydrogen-bond acceptors (Lipinski definition) is 6. The fourth-order valence-corrected chi connectivity index (χ4v) is 6.45. The molecule has 0 aliphatic carbocycles. The second kappa shape index (κ2) is 10.1. The fourth-order valence-electron chi connectivity index (χ4n) is 6.10. The van der Waals surface area contributed by atoms with E-state index in [1.807, 2.05) is 30.5 Å². The summed E-state index contributed by atoms with van der Waals surface area (Å²) in [6.07, 6.45) is 1.84. The molecular formula is C31H31N5O3S. The van der Waals surface area contributed by atoms with E-state index >= 15 is 0 Å². The lowest BCUT2D eigenvalue weighted by atomic mass is 9.96. The van der Waals surface area contributed by atoms with Gasteiger partial charge in [-0.1, -0.05) is 6.07 Å². The Morgan fingerprint density at radius 3 is 2.40 bits per heavy atom. The SMILES string of the molecule is Cc1cc([C@H]2[C@@H](c3ccccn3)NC(=S)N2c2ccc(N3CCOCC3)cc2)c(C)n1-c1ccc2c(c1)OCO2. The number of morpholine rings is 1. The van der Waals surface area contributed by atoms with Crippen molar-refractivity contribution >= 4 is 28.7 Å². The van der Waals surface area contributed by atoms with Crippen molar-refractivity contribution in [3.8, 4) is 17.2 Å². The largest absolute Gasteiger partial charge is 0.454 e. The van der Waals surface area contributed by atoms with E-state index in [0.29, 0.717) is 5.11 Å². The number of nitrogens with one attached hydrogen (secondary N) is 1. The molecule has 40 heavy (non-hydrogen) atoms. The van der Waals surface area contributed by atoms with Gasteiger partial charge in [-0.15, -0.1) is 0 Å². The average Bonchev–Trinajstić information content (AvgIpc) is 3.68. The van der Waals surface area contributed by atoms with Crippen molar-refractivity contribution in [2.75, 3.05) is 42.9 Å². The summed E-state index contributed by atoms with van der Waals surface area (Å²) in [5.41, 5.74) is 7.70. The molecule has 3 aliphatic heterocycles. The van der Waals surface area contributed by atoms with Crippen LogP contribution >= 0.6 is 12.2 Å². The molecule has 0 unspecified atom stereocenters. The molecule has 2 atom stereocenters. The molecule has 2 fully saturated rings. The number of rotatable bonds is 5. The van der Waals surface area contributed by atoms with E-state index in [-0.39, 0.29) is 18.9 Å². The molecule has 0 bridgehead atoms. The Labute approximate surface area is 239 Å². The third kappa shape index (κ3) is 4.26. The van der Waals surface area contributed by atoms with Crippen molar-refractivity contribution in [1.29, 1.82) is 0 Å². The number of aryl methyl sites for hydroxylation is 1. The fraction of sp³-hybridized carbons (Fsp3) is 0.290. The summed E-state index contributed by atoms with van der Waals surface area (Å²) in [6, 6.07) is 22.9. The summed E-state index contributed by atoms with van der Waals surface area (Å²) in [4.78, 5) is 9.33. The van der Waals surface area contributed by atoms with E-state index in [4.69, 9.17) is 31.4 Å². The topological polar surface area (TPSA) is 64.0 Å². The predicted octanol–water partition coefficient (Wildman–Crippen LogP) is 5.23. The van der Waals surface area contributed by atoms with Crippen LogP contribution in [0.1, 0.15) is 34.7 Å². The molecule has 0 amide bonds. The van der Waals surface area contributed by atoms with Gasteiger partial charge in [-0.3, -0.25) is 4.98 Å². The molecule has 5 heterocycles. The van der Waals surface area contributed by atoms with Crippen LogP contribution in [-0.2, 0) is 4.74 Å². The van der Waals surface area contributed by atoms with Gasteiger partial charge < -0.3 is 33.9 Å². The Morgan fingerprint density at radius 1 is 0.875 bits per heavy atom. The average molecular weight is 554 g/mol. The first-order valence-corrected chi connectivity index (χ1v) is 14.0. The van der Waals surface area contributed by atoms with Gasteiger partial charge in [0.1, 0.15) is 0 Å². The van der Waals surface area contributed by atoms with Gasteiger partial charge in [0.15, 0.2) is 16.6 Å².